The molecule has 0 rings (SSSR count). The standard InChI is InChI=1S/C64H124O17P2/c1-5-9-13-17-20-23-25-26-27-28-29-30-31-32-33-36-39-43-47-51-64(69)81-60(55-75-62(67)49-45-41-37-35-24-21-18-14-10-6-2)57-79-83(72,73)77-53-58(65)52-76-82(70,71)78-56-59(54-74-61(66)48-44-40-16-12-8-4)80-63(68)50-46-42-38-34-22-19-15-11-7-3/h58-60,65H,5-57H2,1-4H3,(H,70,71)(H,72,73)/t58-,59+,60+/m0/s1. The fourth-order valence-corrected chi connectivity index (χ4v) is 11.2. The number of rotatable bonds is 65. The molecule has 0 aromatic rings. The molecule has 0 aromatic heterocycles. The van der Waals surface area contributed by atoms with E-state index in [0.29, 0.717) is 25.7 Å². The summed E-state index contributed by atoms with van der Waals surface area (Å²) in [6, 6.07) is 0. The zero-order valence-corrected chi connectivity index (χ0v) is 54.9. The zero-order chi connectivity index (χ0) is 61.2. The highest BCUT2D eigenvalue weighted by atomic mass is 31.2. The molecule has 0 saturated carbocycles. The highest BCUT2D eigenvalue weighted by Gasteiger charge is 2.30. The van der Waals surface area contributed by atoms with Crippen molar-refractivity contribution >= 4 is 39.5 Å². The van der Waals surface area contributed by atoms with Gasteiger partial charge in [0.05, 0.1) is 26.4 Å². The Kier molecular flexibility index (Phi) is 57.7. The molecule has 0 aliphatic heterocycles. The lowest BCUT2D eigenvalue weighted by atomic mass is 10.0. The first-order valence-electron chi connectivity index (χ1n) is 33.8. The minimum absolute atomic E-state index is 0.105. The smallest absolute Gasteiger partial charge is 0.462 e. The van der Waals surface area contributed by atoms with Crippen molar-refractivity contribution in [1.29, 1.82) is 0 Å². The number of unbranched alkanes of at least 4 members (excludes halogenated alkanes) is 39. The fourth-order valence-electron chi connectivity index (χ4n) is 9.63. The summed E-state index contributed by atoms with van der Waals surface area (Å²) in [5, 5.41) is 10.5. The predicted octanol–water partition coefficient (Wildman–Crippen LogP) is 17.9. The van der Waals surface area contributed by atoms with Crippen LogP contribution in [0.3, 0.4) is 0 Å². The Morgan fingerprint density at radius 3 is 0.711 bits per heavy atom. The molecule has 492 valence electrons. The number of carbonyl (C=O) groups excluding carboxylic acids is 4. The van der Waals surface area contributed by atoms with Crippen molar-refractivity contribution in [1.82, 2.24) is 0 Å². The largest absolute Gasteiger partial charge is 0.472 e. The molecule has 0 heterocycles. The summed E-state index contributed by atoms with van der Waals surface area (Å²) in [6.45, 7) is 4.78. The number of ether oxygens (including phenoxy) is 4. The summed E-state index contributed by atoms with van der Waals surface area (Å²) < 4.78 is 67.7. The molecule has 0 radical (unpaired) electrons. The number of aliphatic hydroxyl groups excluding tert-OH is 1. The Bertz CT molecular complexity index is 1600. The quantitative estimate of drug-likeness (QED) is 0.0222. The van der Waals surface area contributed by atoms with Gasteiger partial charge in [-0.1, -0.05) is 278 Å². The Morgan fingerprint density at radius 1 is 0.289 bits per heavy atom. The van der Waals surface area contributed by atoms with E-state index < -0.39 is 97.5 Å². The van der Waals surface area contributed by atoms with Gasteiger partial charge in [0.15, 0.2) is 12.2 Å². The number of phosphoric acid groups is 2. The number of phosphoric ester groups is 2. The number of aliphatic hydroxyl groups is 1. The van der Waals surface area contributed by atoms with E-state index in [-0.39, 0.29) is 25.7 Å². The third-order valence-electron chi connectivity index (χ3n) is 14.9. The maximum absolute atomic E-state index is 13.0. The average Bonchev–Trinajstić information content (AvgIpc) is 3.46. The molecule has 0 aliphatic carbocycles. The molecule has 3 N–H and O–H groups in total. The summed E-state index contributed by atoms with van der Waals surface area (Å²) in [6.07, 6.45) is 44.9. The monoisotopic (exact) mass is 1230 g/mol. The van der Waals surface area contributed by atoms with Crippen LogP contribution in [0, 0.1) is 0 Å². The van der Waals surface area contributed by atoms with Gasteiger partial charge in [0.1, 0.15) is 19.3 Å². The third kappa shape index (κ3) is 58.8. The van der Waals surface area contributed by atoms with Crippen molar-refractivity contribution in [2.24, 2.45) is 0 Å². The van der Waals surface area contributed by atoms with Crippen LogP contribution in [0.15, 0.2) is 0 Å². The molecule has 0 spiro atoms. The predicted molar refractivity (Wildman–Crippen MR) is 331 cm³/mol. The van der Waals surface area contributed by atoms with Crippen LogP contribution >= 0.6 is 15.6 Å². The van der Waals surface area contributed by atoms with Gasteiger partial charge in [-0.3, -0.25) is 37.3 Å². The van der Waals surface area contributed by atoms with Gasteiger partial charge < -0.3 is 33.8 Å². The van der Waals surface area contributed by atoms with Crippen LogP contribution in [-0.4, -0.2) is 96.7 Å². The number of hydrogen-bond donors (Lipinski definition) is 3. The average molecular weight is 1230 g/mol. The summed E-state index contributed by atoms with van der Waals surface area (Å²) in [5.41, 5.74) is 0. The van der Waals surface area contributed by atoms with Crippen molar-refractivity contribution in [2.45, 2.75) is 348 Å². The van der Waals surface area contributed by atoms with E-state index >= 15 is 0 Å². The number of hydrogen-bond acceptors (Lipinski definition) is 15. The van der Waals surface area contributed by atoms with E-state index in [1.807, 2.05) is 0 Å². The molecule has 0 saturated heterocycles. The molecular formula is C64H124O17P2. The van der Waals surface area contributed by atoms with Gasteiger partial charge in [0.25, 0.3) is 0 Å². The van der Waals surface area contributed by atoms with Crippen molar-refractivity contribution in [3.05, 3.63) is 0 Å². The summed E-state index contributed by atoms with van der Waals surface area (Å²) in [4.78, 5) is 71.9. The first-order valence-corrected chi connectivity index (χ1v) is 36.8. The molecule has 17 nitrogen and oxygen atoms in total. The van der Waals surface area contributed by atoms with Crippen LogP contribution in [0.25, 0.3) is 0 Å². The summed E-state index contributed by atoms with van der Waals surface area (Å²) in [7, 11) is -9.87. The van der Waals surface area contributed by atoms with Crippen molar-refractivity contribution in [3.8, 4) is 0 Å². The SMILES string of the molecule is CCCCCCCCCCCCCCCCCCCCCC(=O)O[C@H](COC(=O)CCCCCCCCCCCC)COP(=O)(O)OC[C@@H](O)COP(=O)(O)OC[C@@H](COC(=O)CCCCCCC)OC(=O)CCCCCCCCCCC. The third-order valence-corrected chi connectivity index (χ3v) is 16.8. The molecule has 83 heavy (non-hydrogen) atoms. The van der Waals surface area contributed by atoms with E-state index in [9.17, 15) is 43.2 Å². The minimum Gasteiger partial charge on any atom is -0.462 e. The Balaban J connectivity index is 5.10. The summed E-state index contributed by atoms with van der Waals surface area (Å²) in [5.74, 6) is -2.14. The second-order valence-electron chi connectivity index (χ2n) is 23.2. The summed E-state index contributed by atoms with van der Waals surface area (Å²) >= 11 is 0. The van der Waals surface area contributed by atoms with Gasteiger partial charge in [0, 0.05) is 25.7 Å². The Morgan fingerprint density at radius 2 is 0.482 bits per heavy atom. The van der Waals surface area contributed by atoms with Crippen molar-refractivity contribution in [3.63, 3.8) is 0 Å². The van der Waals surface area contributed by atoms with Crippen LogP contribution in [0.5, 0.6) is 0 Å². The molecule has 5 atom stereocenters. The Labute approximate surface area is 505 Å². The number of esters is 4. The molecule has 0 aromatic carbocycles. The highest BCUT2D eigenvalue weighted by molar-refractivity contribution is 7.47. The topological polar surface area (TPSA) is 237 Å². The minimum atomic E-state index is -4.94. The maximum Gasteiger partial charge on any atom is 0.472 e. The fraction of sp³-hybridized carbons (Fsp3) is 0.938. The molecular weight excluding hydrogens is 1100 g/mol. The molecule has 0 fully saturated rings. The first-order chi connectivity index (χ1) is 40.2. The van der Waals surface area contributed by atoms with Gasteiger partial charge >= 0.3 is 39.5 Å². The van der Waals surface area contributed by atoms with Crippen molar-refractivity contribution in [2.75, 3.05) is 39.6 Å². The van der Waals surface area contributed by atoms with Crippen LogP contribution in [0.2, 0.25) is 0 Å². The van der Waals surface area contributed by atoms with Crippen LogP contribution < -0.4 is 0 Å². The molecule has 0 amide bonds. The lowest BCUT2D eigenvalue weighted by Crippen LogP contribution is -2.30. The lowest BCUT2D eigenvalue weighted by Gasteiger charge is -2.21. The second kappa shape index (κ2) is 59.0. The van der Waals surface area contributed by atoms with E-state index in [2.05, 4.69) is 27.7 Å². The normalized spacial score (nSPS) is 14.2. The van der Waals surface area contributed by atoms with Crippen LogP contribution in [0.1, 0.15) is 329 Å². The molecule has 0 bridgehead atoms. The van der Waals surface area contributed by atoms with E-state index in [4.69, 9.17) is 37.0 Å². The zero-order valence-electron chi connectivity index (χ0n) is 53.2. The first kappa shape index (κ1) is 81.1. The van der Waals surface area contributed by atoms with E-state index in [0.717, 1.165) is 96.3 Å². The lowest BCUT2D eigenvalue weighted by molar-refractivity contribution is -0.161. The van der Waals surface area contributed by atoms with Gasteiger partial charge in [-0.25, -0.2) is 9.13 Å². The van der Waals surface area contributed by atoms with Gasteiger partial charge in [-0.05, 0) is 25.7 Å². The van der Waals surface area contributed by atoms with Crippen LogP contribution in [0.4, 0.5) is 0 Å². The van der Waals surface area contributed by atoms with Gasteiger partial charge in [-0.2, -0.15) is 0 Å². The van der Waals surface area contributed by atoms with Gasteiger partial charge in [0.2, 0.25) is 0 Å². The highest BCUT2D eigenvalue weighted by Crippen LogP contribution is 2.45. The maximum atomic E-state index is 13.0. The molecule has 19 heteroatoms. The second-order valence-corrected chi connectivity index (χ2v) is 26.1. The Hall–Kier alpha value is -1.94. The van der Waals surface area contributed by atoms with Crippen LogP contribution in [-0.2, 0) is 65.4 Å². The van der Waals surface area contributed by atoms with E-state index in [1.165, 1.54) is 154 Å². The molecule has 0 aliphatic rings. The molecule has 2 unspecified atom stereocenters. The van der Waals surface area contributed by atoms with Gasteiger partial charge in [-0.15, -0.1) is 0 Å². The number of carbonyl (C=O) groups is 4. The van der Waals surface area contributed by atoms with E-state index in [1.54, 1.807) is 0 Å². The van der Waals surface area contributed by atoms with Crippen molar-refractivity contribution < 1.29 is 80.2 Å².